The van der Waals surface area contributed by atoms with Crippen molar-refractivity contribution in [3.8, 4) is 11.6 Å². The van der Waals surface area contributed by atoms with Crippen molar-refractivity contribution in [2.24, 2.45) is 0 Å². The third kappa shape index (κ3) is 3.23. The normalized spacial score (nSPS) is 10.7. The molecule has 3 nitrogen and oxygen atoms in total. The van der Waals surface area contributed by atoms with E-state index in [1.807, 2.05) is 12.1 Å². The number of ether oxygens (including phenoxy) is 1. The van der Waals surface area contributed by atoms with Gasteiger partial charge in [0.1, 0.15) is 5.75 Å². The summed E-state index contributed by atoms with van der Waals surface area (Å²) in [7, 11) is 0. The third-order valence-electron chi connectivity index (χ3n) is 3.23. The van der Waals surface area contributed by atoms with Gasteiger partial charge in [-0.1, -0.05) is 19.9 Å². The van der Waals surface area contributed by atoms with Crippen LogP contribution in [-0.2, 0) is 0 Å². The second-order valence-corrected chi connectivity index (χ2v) is 5.21. The lowest BCUT2D eigenvalue weighted by atomic mass is 9.98. The van der Waals surface area contributed by atoms with E-state index in [9.17, 15) is 4.79 Å². The van der Waals surface area contributed by atoms with Gasteiger partial charge in [0.15, 0.2) is 5.78 Å². The van der Waals surface area contributed by atoms with Crippen molar-refractivity contribution in [1.29, 1.82) is 0 Å². The molecule has 0 aliphatic rings. The van der Waals surface area contributed by atoms with Gasteiger partial charge in [-0.05, 0) is 49.1 Å². The van der Waals surface area contributed by atoms with Gasteiger partial charge >= 0.3 is 0 Å². The van der Waals surface area contributed by atoms with Crippen molar-refractivity contribution in [2.45, 2.75) is 33.6 Å². The quantitative estimate of drug-likeness (QED) is 0.767. The monoisotopic (exact) mass is 269 g/mol. The van der Waals surface area contributed by atoms with Crippen molar-refractivity contribution in [3.05, 3.63) is 53.2 Å². The summed E-state index contributed by atoms with van der Waals surface area (Å²) in [5.41, 5.74) is 3.11. The number of carbonyl (C=O) groups is 1. The van der Waals surface area contributed by atoms with Crippen molar-refractivity contribution in [1.82, 2.24) is 4.98 Å². The Morgan fingerprint density at radius 2 is 1.95 bits per heavy atom. The zero-order chi connectivity index (χ0) is 14.7. The SMILES string of the molecule is CC(=O)c1ccnc(Oc2ccc(C(C)C)c(C)c2)c1. The molecule has 1 aromatic carbocycles. The molecule has 2 rings (SSSR count). The van der Waals surface area contributed by atoms with Crippen LogP contribution in [-0.4, -0.2) is 10.8 Å². The average Bonchev–Trinajstić information content (AvgIpc) is 2.38. The molecule has 20 heavy (non-hydrogen) atoms. The number of aromatic nitrogens is 1. The highest BCUT2D eigenvalue weighted by molar-refractivity contribution is 5.94. The van der Waals surface area contributed by atoms with Gasteiger partial charge in [0.05, 0.1) is 0 Å². The average molecular weight is 269 g/mol. The molecule has 2 aromatic rings. The van der Waals surface area contributed by atoms with E-state index in [-0.39, 0.29) is 5.78 Å². The summed E-state index contributed by atoms with van der Waals surface area (Å²) in [6.45, 7) is 7.93. The zero-order valence-electron chi connectivity index (χ0n) is 12.3. The third-order valence-corrected chi connectivity index (χ3v) is 3.23. The van der Waals surface area contributed by atoms with Crippen molar-refractivity contribution in [2.75, 3.05) is 0 Å². The summed E-state index contributed by atoms with van der Waals surface area (Å²) >= 11 is 0. The van der Waals surface area contributed by atoms with E-state index in [0.29, 0.717) is 17.4 Å². The summed E-state index contributed by atoms with van der Waals surface area (Å²) in [4.78, 5) is 15.5. The van der Waals surface area contributed by atoms with Gasteiger partial charge in [0, 0.05) is 17.8 Å². The minimum absolute atomic E-state index is 0.00332. The first-order valence-electron chi connectivity index (χ1n) is 6.72. The van der Waals surface area contributed by atoms with Crippen molar-refractivity contribution < 1.29 is 9.53 Å². The molecule has 1 aromatic heterocycles. The topological polar surface area (TPSA) is 39.2 Å². The Labute approximate surface area is 119 Å². The number of ketones is 1. The molecule has 104 valence electrons. The van der Waals surface area contributed by atoms with Gasteiger partial charge in [-0.25, -0.2) is 4.98 Å². The van der Waals surface area contributed by atoms with E-state index in [1.54, 1.807) is 18.3 Å². The number of nitrogens with zero attached hydrogens (tertiary/aromatic N) is 1. The second kappa shape index (κ2) is 5.87. The number of Topliss-reactive ketones (excluding diaryl/α,β-unsaturated/α-hetero) is 1. The molecular weight excluding hydrogens is 250 g/mol. The molecule has 0 N–H and O–H groups in total. The van der Waals surface area contributed by atoms with Gasteiger partial charge in [0.25, 0.3) is 0 Å². The number of rotatable bonds is 4. The van der Waals surface area contributed by atoms with Crippen LogP contribution in [0.15, 0.2) is 36.5 Å². The summed E-state index contributed by atoms with van der Waals surface area (Å²) in [6, 6.07) is 9.35. The molecule has 0 saturated carbocycles. The standard InChI is InChI=1S/C17H19NO2/c1-11(2)16-6-5-15(9-12(16)3)20-17-10-14(13(4)19)7-8-18-17/h5-11H,1-4H3. The van der Waals surface area contributed by atoms with E-state index in [4.69, 9.17) is 4.74 Å². The lowest BCUT2D eigenvalue weighted by Gasteiger charge is -2.12. The fourth-order valence-electron chi connectivity index (χ4n) is 2.16. The molecular formula is C17H19NO2. The molecule has 0 spiro atoms. The van der Waals surface area contributed by atoms with Crippen molar-refractivity contribution in [3.63, 3.8) is 0 Å². The van der Waals surface area contributed by atoms with Crippen LogP contribution in [0.2, 0.25) is 0 Å². The second-order valence-electron chi connectivity index (χ2n) is 5.21. The fraction of sp³-hybridized carbons (Fsp3) is 0.294. The predicted octanol–water partition coefficient (Wildman–Crippen LogP) is 4.51. The number of pyridine rings is 1. The highest BCUT2D eigenvalue weighted by Gasteiger charge is 2.07. The van der Waals surface area contributed by atoms with Gasteiger partial charge in [-0.15, -0.1) is 0 Å². The van der Waals surface area contributed by atoms with Crippen molar-refractivity contribution >= 4 is 5.78 Å². The molecule has 1 heterocycles. The molecule has 0 saturated heterocycles. The number of carbonyl (C=O) groups excluding carboxylic acids is 1. The Balaban J connectivity index is 2.24. The Morgan fingerprint density at radius 3 is 2.55 bits per heavy atom. The largest absolute Gasteiger partial charge is 0.439 e. The first-order valence-corrected chi connectivity index (χ1v) is 6.72. The molecule has 0 unspecified atom stereocenters. The highest BCUT2D eigenvalue weighted by Crippen LogP contribution is 2.26. The molecule has 3 heteroatoms. The number of aryl methyl sites for hydroxylation is 1. The molecule has 0 atom stereocenters. The van der Waals surface area contributed by atoms with Crippen LogP contribution in [0.1, 0.15) is 48.2 Å². The Morgan fingerprint density at radius 1 is 1.20 bits per heavy atom. The van der Waals surface area contributed by atoms with E-state index >= 15 is 0 Å². The molecule has 0 bridgehead atoms. The lowest BCUT2D eigenvalue weighted by molar-refractivity contribution is 0.101. The van der Waals surface area contributed by atoms with Crippen LogP contribution in [0, 0.1) is 6.92 Å². The minimum Gasteiger partial charge on any atom is -0.439 e. The van der Waals surface area contributed by atoms with Gasteiger partial charge in [-0.3, -0.25) is 4.79 Å². The molecule has 0 radical (unpaired) electrons. The molecule has 0 amide bonds. The minimum atomic E-state index is 0.00332. The maximum atomic E-state index is 11.3. The van der Waals surface area contributed by atoms with Gasteiger partial charge < -0.3 is 4.74 Å². The Bertz CT molecular complexity index is 633. The Kier molecular flexibility index (Phi) is 4.18. The maximum Gasteiger partial charge on any atom is 0.219 e. The van der Waals surface area contributed by atoms with Crippen LogP contribution in [0.25, 0.3) is 0 Å². The summed E-state index contributed by atoms with van der Waals surface area (Å²) < 4.78 is 5.72. The van der Waals surface area contributed by atoms with Crippen LogP contribution < -0.4 is 4.74 Å². The van der Waals surface area contributed by atoms with E-state index < -0.39 is 0 Å². The Hall–Kier alpha value is -2.16. The van der Waals surface area contributed by atoms with Crippen LogP contribution in [0.5, 0.6) is 11.6 Å². The smallest absolute Gasteiger partial charge is 0.219 e. The first-order chi connectivity index (χ1) is 9.47. The van der Waals surface area contributed by atoms with Crippen LogP contribution in [0.3, 0.4) is 0 Å². The van der Waals surface area contributed by atoms with E-state index in [0.717, 1.165) is 5.75 Å². The molecule has 0 aliphatic heterocycles. The predicted molar refractivity (Wildman–Crippen MR) is 79.6 cm³/mol. The highest BCUT2D eigenvalue weighted by atomic mass is 16.5. The lowest BCUT2D eigenvalue weighted by Crippen LogP contribution is -1.96. The van der Waals surface area contributed by atoms with Crippen LogP contribution >= 0.6 is 0 Å². The number of hydrogen-bond acceptors (Lipinski definition) is 3. The fourth-order valence-corrected chi connectivity index (χ4v) is 2.16. The zero-order valence-corrected chi connectivity index (χ0v) is 12.3. The van der Waals surface area contributed by atoms with Gasteiger partial charge in [-0.2, -0.15) is 0 Å². The molecule has 0 aliphatic carbocycles. The summed E-state index contributed by atoms with van der Waals surface area (Å²) in [5.74, 6) is 1.67. The first kappa shape index (κ1) is 14.3. The summed E-state index contributed by atoms with van der Waals surface area (Å²) in [6.07, 6.45) is 1.58. The molecule has 0 fully saturated rings. The maximum absolute atomic E-state index is 11.3. The van der Waals surface area contributed by atoms with E-state index in [2.05, 4.69) is 31.8 Å². The number of hydrogen-bond donors (Lipinski definition) is 0. The summed E-state index contributed by atoms with van der Waals surface area (Å²) in [5, 5.41) is 0. The number of benzene rings is 1. The van der Waals surface area contributed by atoms with E-state index in [1.165, 1.54) is 18.1 Å². The van der Waals surface area contributed by atoms with Crippen LogP contribution in [0.4, 0.5) is 0 Å². The van der Waals surface area contributed by atoms with Gasteiger partial charge in [0.2, 0.25) is 5.88 Å².